The van der Waals surface area contributed by atoms with Crippen molar-refractivity contribution in [3.8, 4) is 6.07 Å². The Kier molecular flexibility index (Phi) is 4.57. The number of anilines is 1. The summed E-state index contributed by atoms with van der Waals surface area (Å²) in [5, 5.41) is 12.4. The van der Waals surface area contributed by atoms with Crippen molar-refractivity contribution in [1.29, 1.82) is 5.26 Å². The minimum Gasteiger partial charge on any atom is -0.366 e. The molecule has 0 saturated carbocycles. The smallest absolute Gasteiger partial charge is 0.225 e. The van der Waals surface area contributed by atoms with Crippen molar-refractivity contribution in [3.63, 3.8) is 0 Å². The molecular weight excluding hydrogens is 252 g/mol. The average molecular weight is 272 g/mol. The monoisotopic (exact) mass is 272 g/mol. The van der Waals surface area contributed by atoms with Crippen LogP contribution >= 0.6 is 0 Å². The number of nitrogens with one attached hydrogen (secondary N) is 1. The maximum absolute atomic E-state index is 11.9. The van der Waals surface area contributed by atoms with Crippen LogP contribution in [0.25, 0.3) is 0 Å². The van der Waals surface area contributed by atoms with Gasteiger partial charge in [-0.2, -0.15) is 5.26 Å². The Bertz CT molecular complexity index is 513. The fourth-order valence-electron chi connectivity index (χ4n) is 2.41. The number of nitrogens with zero attached hydrogens (tertiary/aromatic N) is 3. The van der Waals surface area contributed by atoms with Crippen LogP contribution in [0.3, 0.4) is 0 Å². The minimum atomic E-state index is 0.0560. The lowest BCUT2D eigenvalue weighted by Gasteiger charge is -2.33. The van der Waals surface area contributed by atoms with Gasteiger partial charge in [0, 0.05) is 31.2 Å². The van der Waals surface area contributed by atoms with Crippen LogP contribution in [0.1, 0.15) is 32.3 Å². The number of hydrogen-bond donors (Lipinski definition) is 1. The normalized spacial score (nSPS) is 16.0. The molecule has 0 spiro atoms. The molecule has 0 atom stereocenters. The van der Waals surface area contributed by atoms with Crippen molar-refractivity contribution in [2.45, 2.75) is 32.7 Å². The fourth-order valence-corrected chi connectivity index (χ4v) is 2.41. The summed E-state index contributed by atoms with van der Waals surface area (Å²) in [4.78, 5) is 18.0. The molecule has 20 heavy (non-hydrogen) atoms. The molecule has 2 heterocycles. The number of amides is 1. The van der Waals surface area contributed by atoms with Gasteiger partial charge < -0.3 is 10.2 Å². The van der Waals surface area contributed by atoms with Crippen LogP contribution in [-0.2, 0) is 4.79 Å². The van der Waals surface area contributed by atoms with Gasteiger partial charge in [-0.05, 0) is 25.0 Å². The maximum atomic E-state index is 11.9. The Balaban J connectivity index is 1.92. The summed E-state index contributed by atoms with van der Waals surface area (Å²) in [6.07, 6.45) is 3.46. The van der Waals surface area contributed by atoms with E-state index >= 15 is 0 Å². The summed E-state index contributed by atoms with van der Waals surface area (Å²) >= 11 is 0. The highest BCUT2D eigenvalue weighted by Crippen LogP contribution is 2.18. The van der Waals surface area contributed by atoms with E-state index in [1.54, 1.807) is 18.3 Å². The third kappa shape index (κ3) is 3.27. The zero-order valence-electron chi connectivity index (χ0n) is 12.0. The maximum Gasteiger partial charge on any atom is 0.225 e. The molecule has 0 aliphatic carbocycles. The quantitative estimate of drug-likeness (QED) is 0.914. The molecule has 0 radical (unpaired) electrons. The Morgan fingerprint density at radius 2 is 2.20 bits per heavy atom. The number of nitriles is 1. The van der Waals surface area contributed by atoms with E-state index in [0.29, 0.717) is 11.4 Å². The molecule has 0 aromatic carbocycles. The average Bonchev–Trinajstić information content (AvgIpc) is 2.48. The van der Waals surface area contributed by atoms with Crippen molar-refractivity contribution >= 4 is 11.7 Å². The van der Waals surface area contributed by atoms with E-state index in [-0.39, 0.29) is 17.9 Å². The number of rotatable bonds is 3. The second kappa shape index (κ2) is 6.38. The van der Waals surface area contributed by atoms with E-state index in [1.165, 1.54) is 0 Å². The first-order valence-electron chi connectivity index (χ1n) is 7.02. The molecule has 1 fully saturated rings. The van der Waals surface area contributed by atoms with Gasteiger partial charge in [0.05, 0.1) is 5.56 Å². The van der Waals surface area contributed by atoms with Gasteiger partial charge in [-0.1, -0.05) is 13.8 Å². The molecule has 1 amide bonds. The molecule has 0 unspecified atom stereocenters. The van der Waals surface area contributed by atoms with E-state index < -0.39 is 0 Å². The highest BCUT2D eigenvalue weighted by Gasteiger charge is 2.24. The third-order valence-electron chi connectivity index (χ3n) is 3.57. The number of pyridine rings is 1. The highest BCUT2D eigenvalue weighted by molar-refractivity contribution is 5.78. The summed E-state index contributed by atoms with van der Waals surface area (Å²) in [5.74, 6) is 0.920. The predicted molar refractivity (Wildman–Crippen MR) is 77.0 cm³/mol. The molecule has 1 N–H and O–H groups in total. The standard InChI is InChI=1S/C15H20N4O/c1-11(2)15(20)19-8-5-13(6-9-19)18-14-12(10-16)4-3-7-17-14/h3-4,7,11,13H,5-6,8-9H2,1-2H3,(H,17,18). The number of hydrogen-bond acceptors (Lipinski definition) is 4. The van der Waals surface area contributed by atoms with Crippen LogP contribution < -0.4 is 5.32 Å². The summed E-state index contributed by atoms with van der Waals surface area (Å²) in [7, 11) is 0. The van der Waals surface area contributed by atoms with Crippen molar-refractivity contribution in [2.24, 2.45) is 5.92 Å². The van der Waals surface area contributed by atoms with Gasteiger partial charge in [-0.15, -0.1) is 0 Å². The topological polar surface area (TPSA) is 69.0 Å². The first kappa shape index (κ1) is 14.3. The molecule has 1 aliphatic heterocycles. The van der Waals surface area contributed by atoms with Gasteiger partial charge in [-0.3, -0.25) is 4.79 Å². The number of likely N-dealkylation sites (tertiary alicyclic amines) is 1. The Hall–Kier alpha value is -2.09. The lowest BCUT2D eigenvalue weighted by atomic mass is 10.0. The Morgan fingerprint density at radius 1 is 1.50 bits per heavy atom. The lowest BCUT2D eigenvalue weighted by molar-refractivity contribution is -0.135. The number of carbonyl (C=O) groups excluding carboxylic acids is 1. The molecule has 5 heteroatoms. The van der Waals surface area contributed by atoms with Crippen LogP contribution in [0.2, 0.25) is 0 Å². The predicted octanol–water partition coefficient (Wildman–Crippen LogP) is 2.01. The first-order valence-corrected chi connectivity index (χ1v) is 7.02. The molecular formula is C15H20N4O. The number of piperidine rings is 1. The van der Waals surface area contributed by atoms with Gasteiger partial charge in [-0.25, -0.2) is 4.98 Å². The molecule has 1 aliphatic rings. The first-order chi connectivity index (χ1) is 9.61. The van der Waals surface area contributed by atoms with Crippen LogP contribution in [0.4, 0.5) is 5.82 Å². The molecule has 1 saturated heterocycles. The van der Waals surface area contributed by atoms with Crippen molar-refractivity contribution in [3.05, 3.63) is 23.9 Å². The number of carbonyl (C=O) groups is 1. The minimum absolute atomic E-state index is 0.0560. The van der Waals surface area contributed by atoms with Crippen LogP contribution in [-0.4, -0.2) is 34.9 Å². The zero-order valence-corrected chi connectivity index (χ0v) is 12.0. The van der Waals surface area contributed by atoms with Gasteiger partial charge in [0.2, 0.25) is 5.91 Å². The second-order valence-corrected chi connectivity index (χ2v) is 5.41. The van der Waals surface area contributed by atoms with Crippen LogP contribution in [0.5, 0.6) is 0 Å². The fraction of sp³-hybridized carbons (Fsp3) is 0.533. The summed E-state index contributed by atoms with van der Waals surface area (Å²) in [6.45, 7) is 5.40. The zero-order chi connectivity index (χ0) is 14.5. The van der Waals surface area contributed by atoms with E-state index in [2.05, 4.69) is 16.4 Å². The van der Waals surface area contributed by atoms with Crippen molar-refractivity contribution in [2.75, 3.05) is 18.4 Å². The lowest BCUT2D eigenvalue weighted by Crippen LogP contribution is -2.44. The van der Waals surface area contributed by atoms with Gasteiger partial charge in [0.1, 0.15) is 11.9 Å². The molecule has 5 nitrogen and oxygen atoms in total. The second-order valence-electron chi connectivity index (χ2n) is 5.41. The molecule has 1 aromatic heterocycles. The summed E-state index contributed by atoms with van der Waals surface area (Å²) in [6, 6.07) is 5.92. The largest absolute Gasteiger partial charge is 0.366 e. The molecule has 1 aromatic rings. The van der Waals surface area contributed by atoms with Crippen LogP contribution in [0, 0.1) is 17.2 Å². The molecule has 106 valence electrons. The van der Waals surface area contributed by atoms with Crippen LogP contribution in [0.15, 0.2) is 18.3 Å². The number of aromatic nitrogens is 1. The van der Waals surface area contributed by atoms with E-state index in [9.17, 15) is 4.79 Å². The molecule has 0 bridgehead atoms. The SMILES string of the molecule is CC(C)C(=O)N1CCC(Nc2ncccc2C#N)CC1. The van der Waals surface area contributed by atoms with E-state index in [1.807, 2.05) is 18.7 Å². The Labute approximate surface area is 119 Å². The summed E-state index contributed by atoms with van der Waals surface area (Å²) < 4.78 is 0. The molecule has 2 rings (SSSR count). The van der Waals surface area contributed by atoms with E-state index in [4.69, 9.17) is 5.26 Å². The van der Waals surface area contributed by atoms with Gasteiger partial charge in [0.15, 0.2) is 0 Å². The third-order valence-corrected chi connectivity index (χ3v) is 3.57. The van der Waals surface area contributed by atoms with Crippen molar-refractivity contribution < 1.29 is 4.79 Å². The Morgan fingerprint density at radius 3 is 2.80 bits per heavy atom. The van der Waals surface area contributed by atoms with Gasteiger partial charge in [0.25, 0.3) is 0 Å². The van der Waals surface area contributed by atoms with Crippen molar-refractivity contribution in [1.82, 2.24) is 9.88 Å². The van der Waals surface area contributed by atoms with Gasteiger partial charge >= 0.3 is 0 Å². The summed E-state index contributed by atoms with van der Waals surface area (Å²) in [5.41, 5.74) is 0.563. The van der Waals surface area contributed by atoms with E-state index in [0.717, 1.165) is 25.9 Å². The highest BCUT2D eigenvalue weighted by atomic mass is 16.2.